The Kier molecular flexibility index (Phi) is 5.14. The molecule has 0 bridgehead atoms. The largest absolute Gasteiger partial charge is 0.480 e. The van der Waals surface area contributed by atoms with Crippen molar-refractivity contribution in [2.75, 3.05) is 19.6 Å². The lowest BCUT2D eigenvalue weighted by Crippen LogP contribution is -2.53. The molecule has 108 valence electrons. The Labute approximate surface area is 111 Å². The van der Waals surface area contributed by atoms with E-state index in [-0.39, 0.29) is 6.04 Å². The molecule has 2 N–H and O–H groups in total. The van der Waals surface area contributed by atoms with Crippen LogP contribution in [0.4, 0.5) is 4.79 Å². The maximum absolute atomic E-state index is 12.3. The number of hydrogen-bond donors (Lipinski definition) is 2. The Bertz CT molecular complexity index is 355. The van der Waals surface area contributed by atoms with Gasteiger partial charge in [0.25, 0.3) is 0 Å². The number of amides is 2. The quantitative estimate of drug-likeness (QED) is 0.785. The first kappa shape index (κ1) is 15.3. The lowest BCUT2D eigenvalue weighted by atomic mass is 9.92. The zero-order chi connectivity index (χ0) is 14.6. The summed E-state index contributed by atoms with van der Waals surface area (Å²) < 4.78 is 0. The number of nitrogens with zero attached hydrogens (tertiary/aromatic N) is 2. The first-order valence-corrected chi connectivity index (χ1v) is 6.32. The van der Waals surface area contributed by atoms with Crippen molar-refractivity contribution >= 4 is 18.0 Å². The predicted octanol–water partition coefficient (Wildman–Crippen LogP) is 0.698. The van der Waals surface area contributed by atoms with Gasteiger partial charge in [0.15, 0.2) is 0 Å². The van der Waals surface area contributed by atoms with Crippen LogP contribution in [0.3, 0.4) is 0 Å². The van der Waals surface area contributed by atoms with Gasteiger partial charge >= 0.3 is 18.0 Å². The summed E-state index contributed by atoms with van der Waals surface area (Å²) in [5.74, 6) is -2.10. The van der Waals surface area contributed by atoms with E-state index in [1.807, 2.05) is 13.8 Å². The van der Waals surface area contributed by atoms with Gasteiger partial charge in [0.2, 0.25) is 0 Å². The van der Waals surface area contributed by atoms with Crippen molar-refractivity contribution in [1.29, 1.82) is 0 Å². The number of carbonyl (C=O) groups is 3. The highest BCUT2D eigenvalue weighted by molar-refractivity contribution is 5.84. The van der Waals surface area contributed by atoms with Crippen LogP contribution in [0.25, 0.3) is 0 Å². The fourth-order valence-corrected chi connectivity index (χ4v) is 2.30. The van der Waals surface area contributed by atoms with Crippen molar-refractivity contribution in [3.63, 3.8) is 0 Å². The van der Waals surface area contributed by atoms with Crippen LogP contribution in [0, 0.1) is 5.92 Å². The van der Waals surface area contributed by atoms with Crippen LogP contribution in [0.2, 0.25) is 0 Å². The van der Waals surface area contributed by atoms with Crippen LogP contribution in [0.15, 0.2) is 0 Å². The summed E-state index contributed by atoms with van der Waals surface area (Å²) in [7, 11) is 0. The lowest BCUT2D eigenvalue weighted by molar-refractivity contribution is -0.140. The second-order valence-electron chi connectivity index (χ2n) is 4.98. The van der Waals surface area contributed by atoms with Gasteiger partial charge in [-0.3, -0.25) is 9.59 Å². The highest BCUT2D eigenvalue weighted by Crippen LogP contribution is 2.23. The van der Waals surface area contributed by atoms with E-state index >= 15 is 0 Å². The molecule has 0 aromatic carbocycles. The number of carboxylic acids is 2. The number of piperidine rings is 1. The number of carboxylic acid groups (broad SMARTS) is 2. The Morgan fingerprint density at radius 1 is 1.16 bits per heavy atom. The van der Waals surface area contributed by atoms with Crippen LogP contribution in [0.1, 0.15) is 26.7 Å². The third kappa shape index (κ3) is 4.11. The number of hydrogen-bond acceptors (Lipinski definition) is 3. The third-order valence-corrected chi connectivity index (χ3v) is 3.54. The maximum atomic E-state index is 12.3. The zero-order valence-corrected chi connectivity index (χ0v) is 11.2. The molecule has 2 atom stereocenters. The van der Waals surface area contributed by atoms with Crippen molar-refractivity contribution in [3.8, 4) is 0 Å². The predicted molar refractivity (Wildman–Crippen MR) is 66.8 cm³/mol. The van der Waals surface area contributed by atoms with Crippen LogP contribution in [-0.4, -0.2) is 63.7 Å². The molecule has 2 unspecified atom stereocenters. The van der Waals surface area contributed by atoms with Crippen molar-refractivity contribution in [3.05, 3.63) is 0 Å². The molecule has 0 radical (unpaired) electrons. The normalized spacial score (nSPS) is 22.9. The molecule has 2 amide bonds. The van der Waals surface area contributed by atoms with E-state index in [1.165, 1.54) is 0 Å². The standard InChI is InChI=1S/C12H20N2O5/c1-8-4-3-5-14(9(8)2)12(19)13(6-10(15)16)7-11(17)18/h8-9H,3-7H2,1-2H3,(H,15,16)(H,17,18). The van der Waals surface area contributed by atoms with Gasteiger partial charge in [-0.1, -0.05) is 6.92 Å². The summed E-state index contributed by atoms with van der Waals surface area (Å²) in [6.45, 7) is 3.29. The number of carbonyl (C=O) groups excluding carboxylic acids is 1. The first-order valence-electron chi connectivity index (χ1n) is 6.32. The molecule has 1 aliphatic heterocycles. The fraction of sp³-hybridized carbons (Fsp3) is 0.750. The maximum Gasteiger partial charge on any atom is 0.323 e. The second-order valence-corrected chi connectivity index (χ2v) is 4.98. The van der Waals surface area contributed by atoms with Crippen LogP contribution in [-0.2, 0) is 9.59 Å². The summed E-state index contributed by atoms with van der Waals surface area (Å²) in [6.07, 6.45) is 1.87. The van der Waals surface area contributed by atoms with Gasteiger partial charge in [-0.05, 0) is 25.7 Å². The molecule has 1 fully saturated rings. The molecule has 0 aromatic heterocycles. The third-order valence-electron chi connectivity index (χ3n) is 3.54. The molecule has 0 saturated carbocycles. The number of likely N-dealkylation sites (tertiary alicyclic amines) is 1. The zero-order valence-electron chi connectivity index (χ0n) is 11.2. The van der Waals surface area contributed by atoms with Gasteiger partial charge in [-0.25, -0.2) is 4.79 Å². The molecular formula is C12H20N2O5. The molecule has 1 rings (SSSR count). The molecule has 19 heavy (non-hydrogen) atoms. The summed E-state index contributed by atoms with van der Waals surface area (Å²) in [4.78, 5) is 36.1. The summed E-state index contributed by atoms with van der Waals surface area (Å²) >= 11 is 0. The monoisotopic (exact) mass is 272 g/mol. The molecular weight excluding hydrogens is 252 g/mol. The SMILES string of the molecule is CC1CCCN(C(=O)N(CC(=O)O)CC(=O)O)C1C. The number of rotatable bonds is 4. The van der Waals surface area contributed by atoms with Crippen LogP contribution in [0.5, 0.6) is 0 Å². The molecule has 1 aliphatic rings. The highest BCUT2D eigenvalue weighted by atomic mass is 16.4. The minimum atomic E-state index is -1.22. The molecule has 1 heterocycles. The Morgan fingerprint density at radius 2 is 1.68 bits per heavy atom. The van der Waals surface area contributed by atoms with Gasteiger partial charge in [0.05, 0.1) is 0 Å². The molecule has 7 heteroatoms. The van der Waals surface area contributed by atoms with Crippen molar-refractivity contribution in [1.82, 2.24) is 9.80 Å². The van der Waals surface area contributed by atoms with Gasteiger partial charge in [-0.15, -0.1) is 0 Å². The summed E-state index contributed by atoms with van der Waals surface area (Å²) in [6, 6.07) is -0.518. The van der Waals surface area contributed by atoms with E-state index < -0.39 is 31.1 Å². The van der Waals surface area contributed by atoms with Gasteiger partial charge in [-0.2, -0.15) is 0 Å². The van der Waals surface area contributed by atoms with E-state index in [4.69, 9.17) is 10.2 Å². The van der Waals surface area contributed by atoms with Crippen molar-refractivity contribution in [2.45, 2.75) is 32.7 Å². The van der Waals surface area contributed by atoms with E-state index in [2.05, 4.69) is 0 Å². The van der Waals surface area contributed by atoms with Gasteiger partial charge in [0, 0.05) is 12.6 Å². The number of urea groups is 1. The van der Waals surface area contributed by atoms with Crippen molar-refractivity contribution < 1.29 is 24.6 Å². The van der Waals surface area contributed by atoms with Crippen LogP contribution < -0.4 is 0 Å². The molecule has 1 saturated heterocycles. The lowest BCUT2D eigenvalue weighted by Gasteiger charge is -2.40. The fourth-order valence-electron chi connectivity index (χ4n) is 2.30. The van der Waals surface area contributed by atoms with Crippen molar-refractivity contribution in [2.24, 2.45) is 5.92 Å². The topological polar surface area (TPSA) is 98.2 Å². The summed E-state index contributed by atoms with van der Waals surface area (Å²) in [5.41, 5.74) is 0. The molecule has 0 aromatic rings. The molecule has 7 nitrogen and oxygen atoms in total. The molecule has 0 aliphatic carbocycles. The first-order chi connectivity index (χ1) is 8.82. The van der Waals surface area contributed by atoms with Crippen LogP contribution >= 0.6 is 0 Å². The van der Waals surface area contributed by atoms with E-state index in [0.717, 1.165) is 17.7 Å². The van der Waals surface area contributed by atoms with Gasteiger partial charge < -0.3 is 20.0 Å². The number of aliphatic carboxylic acids is 2. The van der Waals surface area contributed by atoms with E-state index in [9.17, 15) is 14.4 Å². The van der Waals surface area contributed by atoms with Gasteiger partial charge in [0.1, 0.15) is 13.1 Å². The average Bonchev–Trinajstić information content (AvgIpc) is 2.30. The minimum Gasteiger partial charge on any atom is -0.480 e. The minimum absolute atomic E-state index is 0.00802. The second kappa shape index (κ2) is 6.40. The smallest absolute Gasteiger partial charge is 0.323 e. The average molecular weight is 272 g/mol. The highest BCUT2D eigenvalue weighted by Gasteiger charge is 2.32. The Balaban J connectivity index is 2.79. The summed E-state index contributed by atoms with van der Waals surface area (Å²) in [5, 5.41) is 17.5. The van der Waals surface area contributed by atoms with E-state index in [0.29, 0.717) is 12.5 Å². The van der Waals surface area contributed by atoms with E-state index in [1.54, 1.807) is 4.90 Å². The Morgan fingerprint density at radius 3 is 2.16 bits per heavy atom. The Hall–Kier alpha value is -1.79. The molecule has 0 spiro atoms.